The van der Waals surface area contributed by atoms with Gasteiger partial charge in [-0.15, -0.1) is 11.6 Å². The maximum absolute atomic E-state index is 11.8. The molecule has 0 bridgehead atoms. The van der Waals surface area contributed by atoms with Gasteiger partial charge in [-0.2, -0.15) is 4.40 Å². The van der Waals surface area contributed by atoms with Crippen molar-refractivity contribution in [3.63, 3.8) is 0 Å². The predicted octanol–water partition coefficient (Wildman–Crippen LogP) is 3.15. The summed E-state index contributed by atoms with van der Waals surface area (Å²) in [6.45, 7) is 7.69. The molecule has 0 saturated carbocycles. The Labute approximate surface area is 106 Å². The Morgan fingerprint density at radius 2 is 2.06 bits per heavy atom. The fraction of sp³-hybridized carbons (Fsp3) is 0.909. The van der Waals surface area contributed by atoms with E-state index in [1.807, 2.05) is 27.7 Å². The first-order chi connectivity index (χ1) is 7.32. The topological polar surface area (TPSA) is 38.7 Å². The van der Waals surface area contributed by atoms with Crippen LogP contribution in [-0.2, 0) is 15.7 Å². The van der Waals surface area contributed by atoms with E-state index >= 15 is 0 Å². The number of rotatable bonds is 5. The van der Waals surface area contributed by atoms with Gasteiger partial charge in [-0.25, -0.2) is 4.21 Å². The highest BCUT2D eigenvalue weighted by Gasteiger charge is 2.21. The van der Waals surface area contributed by atoms with Gasteiger partial charge in [-0.05, 0) is 33.6 Å². The second-order valence-electron chi connectivity index (χ2n) is 4.73. The van der Waals surface area contributed by atoms with Crippen molar-refractivity contribution in [1.82, 2.24) is 0 Å². The fourth-order valence-electron chi connectivity index (χ4n) is 1.05. The van der Waals surface area contributed by atoms with Gasteiger partial charge in [0, 0.05) is 11.8 Å². The molecule has 0 saturated heterocycles. The molecule has 0 fully saturated rings. The Kier molecular flexibility index (Phi) is 7.24. The summed E-state index contributed by atoms with van der Waals surface area (Å²) in [5.74, 6) is 1.34. The van der Waals surface area contributed by atoms with Gasteiger partial charge in [0.2, 0.25) is 0 Å². The van der Waals surface area contributed by atoms with Crippen LogP contribution in [0.25, 0.3) is 0 Å². The molecule has 0 aromatic carbocycles. The molecule has 0 aliphatic rings. The lowest BCUT2D eigenvalue weighted by Gasteiger charge is -2.17. The molecule has 0 radical (unpaired) electrons. The van der Waals surface area contributed by atoms with Gasteiger partial charge in [0.05, 0.1) is 11.9 Å². The zero-order valence-corrected chi connectivity index (χ0v) is 12.3. The lowest BCUT2D eigenvalue weighted by atomic mass is 10.1. The molecule has 0 aromatic heterocycles. The summed E-state index contributed by atoms with van der Waals surface area (Å²) in [6.07, 6.45) is 1.81. The van der Waals surface area contributed by atoms with E-state index in [2.05, 4.69) is 4.40 Å². The number of nitrogens with zero attached hydrogens (tertiary/aromatic N) is 1. The molecule has 0 amide bonds. The van der Waals surface area contributed by atoms with Gasteiger partial charge in [-0.1, -0.05) is 6.92 Å². The van der Waals surface area contributed by atoms with Crippen LogP contribution >= 0.6 is 11.6 Å². The van der Waals surface area contributed by atoms with Crippen molar-refractivity contribution >= 4 is 28.5 Å². The normalized spacial score (nSPS) is 17.0. The first kappa shape index (κ1) is 15.9. The lowest BCUT2D eigenvalue weighted by Crippen LogP contribution is -2.23. The Bertz CT molecular complexity index is 261. The summed E-state index contributed by atoms with van der Waals surface area (Å²) in [5.41, 5.74) is 0. The van der Waals surface area contributed by atoms with E-state index in [0.29, 0.717) is 11.8 Å². The molecule has 0 aliphatic carbocycles. The van der Waals surface area contributed by atoms with Gasteiger partial charge >= 0.3 is 0 Å². The Balaban J connectivity index is 4.59. The summed E-state index contributed by atoms with van der Waals surface area (Å²) < 4.78 is 20.8. The highest BCUT2D eigenvalue weighted by molar-refractivity contribution is 7.85. The summed E-state index contributed by atoms with van der Waals surface area (Å²) >= 11 is 5.63. The largest absolute Gasteiger partial charge is 0.483 e. The second-order valence-corrected chi connectivity index (χ2v) is 7.01. The van der Waals surface area contributed by atoms with Crippen molar-refractivity contribution in [3.05, 3.63) is 0 Å². The van der Waals surface area contributed by atoms with Crippen molar-refractivity contribution in [2.75, 3.05) is 13.0 Å². The summed E-state index contributed by atoms with van der Waals surface area (Å²) in [4.78, 5) is 0. The molecule has 0 aromatic rings. The van der Waals surface area contributed by atoms with Crippen molar-refractivity contribution in [2.24, 2.45) is 10.3 Å². The minimum absolute atomic E-state index is 0.162. The van der Waals surface area contributed by atoms with Crippen LogP contribution < -0.4 is 0 Å². The molecule has 0 N–H and O–H groups in total. The van der Waals surface area contributed by atoms with Crippen LogP contribution in [0, 0.1) is 5.92 Å². The van der Waals surface area contributed by atoms with Crippen LogP contribution in [0.2, 0.25) is 0 Å². The van der Waals surface area contributed by atoms with Crippen molar-refractivity contribution in [1.29, 1.82) is 0 Å². The van der Waals surface area contributed by atoms with Gasteiger partial charge < -0.3 is 4.74 Å². The second kappa shape index (κ2) is 7.28. The van der Waals surface area contributed by atoms with E-state index in [0.717, 1.165) is 12.8 Å². The highest BCUT2D eigenvalue weighted by atomic mass is 35.5. The monoisotopic (exact) mass is 267 g/mol. The Morgan fingerprint density at radius 3 is 2.44 bits per heavy atom. The first-order valence-corrected chi connectivity index (χ1v) is 7.07. The van der Waals surface area contributed by atoms with Crippen molar-refractivity contribution in [2.45, 2.75) is 45.3 Å². The SMILES string of the molecule is CO/C(=N\S(=O)C(C)(C)C)[C@H](C)CCCCl. The molecule has 2 atom stereocenters. The number of methoxy groups -OCH3 is 1. The molecule has 3 nitrogen and oxygen atoms in total. The molecule has 0 spiro atoms. The smallest absolute Gasteiger partial charge is 0.200 e. The summed E-state index contributed by atoms with van der Waals surface area (Å²) in [5, 5.41) is 0. The third kappa shape index (κ3) is 5.85. The van der Waals surface area contributed by atoms with E-state index in [4.69, 9.17) is 16.3 Å². The van der Waals surface area contributed by atoms with Crippen LogP contribution in [0.3, 0.4) is 0 Å². The summed E-state index contributed by atoms with van der Waals surface area (Å²) in [6, 6.07) is 0. The predicted molar refractivity (Wildman–Crippen MR) is 71.5 cm³/mol. The van der Waals surface area contributed by atoms with E-state index in [9.17, 15) is 4.21 Å². The molecule has 96 valence electrons. The van der Waals surface area contributed by atoms with Crippen LogP contribution in [-0.4, -0.2) is 27.8 Å². The number of ether oxygens (including phenoxy) is 1. The average molecular weight is 268 g/mol. The maximum atomic E-state index is 11.8. The third-order valence-corrected chi connectivity index (χ3v) is 3.76. The van der Waals surface area contributed by atoms with Crippen LogP contribution in [0.1, 0.15) is 40.5 Å². The molecule has 0 aliphatic heterocycles. The first-order valence-electron chi connectivity index (χ1n) is 5.43. The van der Waals surface area contributed by atoms with Crippen LogP contribution in [0.4, 0.5) is 0 Å². The van der Waals surface area contributed by atoms with Gasteiger partial charge in [-0.3, -0.25) is 0 Å². The standard InChI is InChI=1S/C11H22ClNO2S/c1-9(7-6-8-12)10(15-5)13-16(14)11(2,3)4/h9H,6-8H2,1-5H3/b13-10-/t9-,16?/m1/s1. The highest BCUT2D eigenvalue weighted by Crippen LogP contribution is 2.16. The van der Waals surface area contributed by atoms with Gasteiger partial charge in [0.1, 0.15) is 11.0 Å². The molecule has 0 heterocycles. The molecule has 0 rings (SSSR count). The van der Waals surface area contributed by atoms with E-state index in [1.54, 1.807) is 7.11 Å². The van der Waals surface area contributed by atoms with E-state index in [1.165, 1.54) is 0 Å². The van der Waals surface area contributed by atoms with Gasteiger partial charge in [0.15, 0.2) is 5.90 Å². The Morgan fingerprint density at radius 1 is 1.50 bits per heavy atom. The Hall–Kier alpha value is -0.0900. The van der Waals surface area contributed by atoms with E-state index in [-0.39, 0.29) is 10.7 Å². The minimum atomic E-state index is -1.26. The maximum Gasteiger partial charge on any atom is 0.200 e. The van der Waals surface area contributed by atoms with Crippen LogP contribution in [0.5, 0.6) is 0 Å². The third-order valence-electron chi connectivity index (χ3n) is 2.10. The molecule has 5 heteroatoms. The molecular formula is C11H22ClNO2S. The minimum Gasteiger partial charge on any atom is -0.483 e. The average Bonchev–Trinajstić information content (AvgIpc) is 2.20. The zero-order chi connectivity index (χ0) is 12.8. The number of halogens is 1. The summed E-state index contributed by atoms with van der Waals surface area (Å²) in [7, 11) is 0.302. The molecular weight excluding hydrogens is 246 g/mol. The zero-order valence-electron chi connectivity index (χ0n) is 10.7. The fourth-order valence-corrected chi connectivity index (χ4v) is 1.90. The lowest BCUT2D eigenvalue weighted by molar-refractivity contribution is 0.366. The number of hydrogen-bond donors (Lipinski definition) is 0. The van der Waals surface area contributed by atoms with Crippen LogP contribution in [0.15, 0.2) is 4.40 Å². The van der Waals surface area contributed by atoms with Crippen molar-refractivity contribution in [3.8, 4) is 0 Å². The quantitative estimate of drug-likeness (QED) is 0.436. The van der Waals surface area contributed by atoms with E-state index < -0.39 is 11.0 Å². The molecule has 1 unspecified atom stereocenters. The van der Waals surface area contributed by atoms with Gasteiger partial charge in [0.25, 0.3) is 0 Å². The molecule has 16 heavy (non-hydrogen) atoms. The van der Waals surface area contributed by atoms with Crippen molar-refractivity contribution < 1.29 is 8.95 Å². The number of alkyl halides is 1. The number of hydrogen-bond acceptors (Lipinski definition) is 2.